The maximum Gasteiger partial charge on any atom is 0.317 e. The Morgan fingerprint density at radius 1 is 1.07 bits per heavy atom. The largest absolute Gasteiger partial charge is 0.480 e. The minimum Gasteiger partial charge on any atom is -0.480 e. The third kappa shape index (κ3) is 3.53. The molecule has 28 heavy (non-hydrogen) atoms. The van der Waals surface area contributed by atoms with Gasteiger partial charge in [-0.1, -0.05) is 42.5 Å². The maximum absolute atomic E-state index is 14.3. The molecule has 0 spiro atoms. The van der Waals surface area contributed by atoms with Crippen LogP contribution in [0, 0.1) is 12.7 Å². The van der Waals surface area contributed by atoms with Crippen LogP contribution in [-0.2, 0) is 17.8 Å². The zero-order chi connectivity index (χ0) is 19.7. The Bertz CT molecular complexity index is 1050. The lowest BCUT2D eigenvalue weighted by molar-refractivity contribution is -0.138. The predicted molar refractivity (Wildman–Crippen MR) is 106 cm³/mol. The quantitative estimate of drug-likeness (QED) is 0.737. The van der Waals surface area contributed by atoms with E-state index in [2.05, 4.69) is 0 Å². The summed E-state index contributed by atoms with van der Waals surface area (Å²) in [6.45, 7) is 3.32. The van der Waals surface area contributed by atoms with Crippen molar-refractivity contribution in [2.45, 2.75) is 19.9 Å². The van der Waals surface area contributed by atoms with Crippen molar-refractivity contribution in [2.24, 2.45) is 0 Å². The molecule has 142 valence electrons. The monoisotopic (exact) mass is 376 g/mol. The van der Waals surface area contributed by atoms with Crippen molar-refractivity contribution >= 4 is 5.97 Å². The molecule has 0 saturated carbocycles. The van der Waals surface area contributed by atoms with Crippen molar-refractivity contribution in [1.82, 2.24) is 9.88 Å². The molecule has 0 aliphatic carbocycles. The molecule has 0 bridgehead atoms. The summed E-state index contributed by atoms with van der Waals surface area (Å²) in [5.41, 5.74) is 6.36. The number of carboxylic acids is 1. The second-order valence-corrected chi connectivity index (χ2v) is 7.11. The van der Waals surface area contributed by atoms with E-state index in [-0.39, 0.29) is 12.4 Å². The summed E-state index contributed by atoms with van der Waals surface area (Å²) in [7, 11) is 0. The number of hydrogen-bond acceptors (Lipinski definition) is 3. The number of pyridine rings is 1. The van der Waals surface area contributed by atoms with E-state index in [0.29, 0.717) is 18.7 Å². The lowest BCUT2D eigenvalue weighted by Crippen LogP contribution is -2.35. The molecular weight excluding hydrogens is 355 g/mol. The fourth-order valence-corrected chi connectivity index (χ4v) is 3.84. The Balaban J connectivity index is 1.69. The highest BCUT2D eigenvalue weighted by Gasteiger charge is 2.20. The summed E-state index contributed by atoms with van der Waals surface area (Å²) in [5, 5.41) is 8.99. The molecule has 0 amide bonds. The molecule has 2 heterocycles. The fourth-order valence-electron chi connectivity index (χ4n) is 3.84. The van der Waals surface area contributed by atoms with Gasteiger partial charge in [0, 0.05) is 36.3 Å². The first-order valence-electron chi connectivity index (χ1n) is 9.31. The minimum atomic E-state index is -0.811. The summed E-state index contributed by atoms with van der Waals surface area (Å²) in [4.78, 5) is 17.7. The number of fused-ring (bicyclic) bond motifs is 1. The summed E-state index contributed by atoms with van der Waals surface area (Å²) < 4.78 is 14.3. The normalized spacial score (nSPS) is 13.9. The number of aromatic nitrogens is 1. The van der Waals surface area contributed by atoms with E-state index in [4.69, 9.17) is 10.1 Å². The molecule has 5 heteroatoms. The highest BCUT2D eigenvalue weighted by atomic mass is 19.1. The second kappa shape index (κ2) is 7.52. The highest BCUT2D eigenvalue weighted by molar-refractivity contribution is 5.77. The molecular formula is C23H21FN2O2. The van der Waals surface area contributed by atoms with Gasteiger partial charge in [0.2, 0.25) is 0 Å². The molecule has 0 unspecified atom stereocenters. The Hall–Kier alpha value is -3.05. The average Bonchev–Trinajstić information content (AvgIpc) is 2.68. The van der Waals surface area contributed by atoms with E-state index >= 15 is 0 Å². The summed E-state index contributed by atoms with van der Waals surface area (Å²) in [6, 6.07) is 16.7. The number of carbonyl (C=O) groups is 1. The van der Waals surface area contributed by atoms with Crippen LogP contribution in [0.2, 0.25) is 0 Å². The molecule has 4 rings (SSSR count). The molecule has 1 aliphatic heterocycles. The van der Waals surface area contributed by atoms with E-state index in [1.54, 1.807) is 12.1 Å². The van der Waals surface area contributed by atoms with Crippen LogP contribution in [0.1, 0.15) is 16.8 Å². The van der Waals surface area contributed by atoms with Gasteiger partial charge in [-0.15, -0.1) is 0 Å². The Kier molecular flexibility index (Phi) is 4.92. The number of nitrogens with zero attached hydrogens (tertiary/aromatic N) is 2. The van der Waals surface area contributed by atoms with Crippen LogP contribution >= 0.6 is 0 Å². The number of benzene rings is 2. The van der Waals surface area contributed by atoms with Crippen LogP contribution in [0.5, 0.6) is 0 Å². The van der Waals surface area contributed by atoms with Crippen molar-refractivity contribution < 1.29 is 14.3 Å². The van der Waals surface area contributed by atoms with Gasteiger partial charge in [0.1, 0.15) is 5.82 Å². The van der Waals surface area contributed by atoms with Gasteiger partial charge in [-0.05, 0) is 35.7 Å². The summed E-state index contributed by atoms with van der Waals surface area (Å²) in [6.07, 6.45) is 0.725. The standard InChI is InChI=1S/C23H21FN2O2/c1-15-17(19-5-2-3-8-20(19)24)6-4-7-18(15)22-10-9-16-13-26(14-23(27)28)12-11-21(16)25-22/h2-10H,11-14H2,1H3,(H,27,28). The second-order valence-electron chi connectivity index (χ2n) is 7.11. The van der Waals surface area contributed by atoms with Gasteiger partial charge in [0.15, 0.2) is 0 Å². The van der Waals surface area contributed by atoms with Crippen LogP contribution < -0.4 is 0 Å². The van der Waals surface area contributed by atoms with Gasteiger partial charge in [-0.25, -0.2) is 4.39 Å². The molecule has 0 fully saturated rings. The average molecular weight is 376 g/mol. The number of halogens is 1. The van der Waals surface area contributed by atoms with Gasteiger partial charge in [-0.2, -0.15) is 0 Å². The molecule has 1 N–H and O–H groups in total. The molecule has 2 aromatic carbocycles. The first-order chi connectivity index (χ1) is 13.5. The molecule has 4 nitrogen and oxygen atoms in total. The SMILES string of the molecule is Cc1c(-c2ccc3c(n2)CCN(CC(=O)O)C3)cccc1-c1ccccc1F. The van der Waals surface area contributed by atoms with Gasteiger partial charge in [0.25, 0.3) is 0 Å². The summed E-state index contributed by atoms with van der Waals surface area (Å²) >= 11 is 0. The smallest absolute Gasteiger partial charge is 0.317 e. The zero-order valence-corrected chi connectivity index (χ0v) is 15.7. The van der Waals surface area contributed by atoms with Crippen molar-refractivity contribution in [3.05, 3.63) is 77.2 Å². The first-order valence-corrected chi connectivity index (χ1v) is 9.31. The third-order valence-corrected chi connectivity index (χ3v) is 5.26. The molecule has 3 aromatic rings. The van der Waals surface area contributed by atoms with E-state index in [1.165, 1.54) is 6.07 Å². The molecule has 0 radical (unpaired) electrons. The van der Waals surface area contributed by atoms with Crippen LogP contribution in [0.4, 0.5) is 4.39 Å². The van der Waals surface area contributed by atoms with Crippen LogP contribution in [0.3, 0.4) is 0 Å². The molecule has 1 aliphatic rings. The minimum absolute atomic E-state index is 0.0466. The van der Waals surface area contributed by atoms with Crippen molar-refractivity contribution in [3.63, 3.8) is 0 Å². The fraction of sp³-hybridized carbons (Fsp3) is 0.217. The Morgan fingerprint density at radius 3 is 2.61 bits per heavy atom. The number of rotatable bonds is 4. The van der Waals surface area contributed by atoms with Crippen LogP contribution in [-0.4, -0.2) is 34.0 Å². The lowest BCUT2D eigenvalue weighted by atomic mass is 9.94. The van der Waals surface area contributed by atoms with E-state index in [9.17, 15) is 9.18 Å². The lowest BCUT2D eigenvalue weighted by Gasteiger charge is -2.27. The van der Waals surface area contributed by atoms with Crippen molar-refractivity contribution in [1.29, 1.82) is 0 Å². The predicted octanol–water partition coefficient (Wildman–Crippen LogP) is 4.31. The third-order valence-electron chi connectivity index (χ3n) is 5.26. The van der Waals surface area contributed by atoms with E-state index in [0.717, 1.165) is 40.1 Å². The molecule has 1 aromatic heterocycles. The Morgan fingerprint density at radius 2 is 1.82 bits per heavy atom. The van der Waals surface area contributed by atoms with Crippen molar-refractivity contribution in [3.8, 4) is 22.4 Å². The molecule has 0 atom stereocenters. The van der Waals surface area contributed by atoms with E-state index in [1.807, 2.05) is 48.2 Å². The number of aliphatic carboxylic acids is 1. The van der Waals surface area contributed by atoms with Crippen LogP contribution in [0.25, 0.3) is 22.4 Å². The van der Waals surface area contributed by atoms with Gasteiger partial charge in [-0.3, -0.25) is 14.7 Å². The van der Waals surface area contributed by atoms with Crippen molar-refractivity contribution in [2.75, 3.05) is 13.1 Å². The van der Waals surface area contributed by atoms with Crippen LogP contribution in [0.15, 0.2) is 54.6 Å². The number of hydrogen-bond donors (Lipinski definition) is 1. The molecule has 0 saturated heterocycles. The topological polar surface area (TPSA) is 53.4 Å². The van der Waals surface area contributed by atoms with E-state index < -0.39 is 5.97 Å². The Labute approximate surface area is 163 Å². The van der Waals surface area contributed by atoms with Gasteiger partial charge in [0.05, 0.1) is 12.2 Å². The zero-order valence-electron chi connectivity index (χ0n) is 15.7. The van der Waals surface area contributed by atoms with Gasteiger partial charge >= 0.3 is 5.97 Å². The number of carboxylic acid groups (broad SMARTS) is 1. The van der Waals surface area contributed by atoms with Gasteiger partial charge < -0.3 is 5.11 Å². The summed E-state index contributed by atoms with van der Waals surface area (Å²) in [5.74, 6) is -1.05. The first kappa shape index (κ1) is 18.3. The highest BCUT2D eigenvalue weighted by Crippen LogP contribution is 2.33. The maximum atomic E-state index is 14.3.